The van der Waals surface area contributed by atoms with Gasteiger partial charge in [0.2, 0.25) is 11.0 Å². The predicted octanol–water partition coefficient (Wildman–Crippen LogP) is 5.33. The summed E-state index contributed by atoms with van der Waals surface area (Å²) < 4.78 is 1.68. The maximum absolute atomic E-state index is 12.3. The Morgan fingerprint density at radius 2 is 1.96 bits per heavy atom. The number of aryl methyl sites for hydroxylation is 1. The lowest BCUT2D eigenvalue weighted by Crippen LogP contribution is -2.21. The first-order valence-electron chi connectivity index (χ1n) is 8.30. The van der Waals surface area contributed by atoms with Crippen LogP contribution >= 0.6 is 22.9 Å². The maximum Gasteiger partial charge on any atom is 0.226 e. The molecule has 2 heterocycles. The van der Waals surface area contributed by atoms with Crippen LogP contribution in [0, 0.1) is 12.3 Å². The molecule has 0 saturated carbocycles. The number of benzene rings is 1. The molecule has 0 fully saturated rings. The van der Waals surface area contributed by atoms with Crippen LogP contribution in [0.1, 0.15) is 32.9 Å². The number of amides is 1. The number of nitrogens with one attached hydrogen (secondary N) is 1. The molecule has 3 rings (SSSR count). The van der Waals surface area contributed by atoms with Gasteiger partial charge in [-0.05, 0) is 24.5 Å². The first-order chi connectivity index (χ1) is 12.2. The van der Waals surface area contributed by atoms with Crippen LogP contribution < -0.4 is 5.32 Å². The van der Waals surface area contributed by atoms with E-state index in [0.717, 1.165) is 17.0 Å². The highest BCUT2D eigenvalue weighted by Crippen LogP contribution is 2.27. The van der Waals surface area contributed by atoms with E-state index in [1.807, 2.05) is 63.4 Å². The SMILES string of the molecule is Cc1cc(NC(=O)CC(C)(C)C)n(-c2nc(-c3ccc(Cl)cc3)cs2)n1. The van der Waals surface area contributed by atoms with Crippen LogP contribution in [0.4, 0.5) is 5.82 Å². The Hall–Kier alpha value is -2.18. The van der Waals surface area contributed by atoms with Crippen molar-refractivity contribution < 1.29 is 4.79 Å². The van der Waals surface area contributed by atoms with E-state index in [2.05, 4.69) is 15.4 Å². The minimum atomic E-state index is -0.0765. The van der Waals surface area contributed by atoms with Crippen molar-refractivity contribution >= 4 is 34.7 Å². The van der Waals surface area contributed by atoms with Gasteiger partial charge in [-0.3, -0.25) is 4.79 Å². The van der Waals surface area contributed by atoms with Crippen molar-refractivity contribution in [1.82, 2.24) is 14.8 Å². The molecule has 136 valence electrons. The second-order valence-corrected chi connectivity index (χ2v) is 8.66. The molecule has 1 amide bonds. The van der Waals surface area contributed by atoms with Gasteiger partial charge in [-0.1, -0.05) is 44.5 Å². The third-order valence-corrected chi connectivity index (χ3v) is 4.67. The lowest BCUT2D eigenvalue weighted by molar-refractivity contribution is -0.117. The fourth-order valence-corrected chi connectivity index (χ4v) is 3.44. The normalized spacial score (nSPS) is 11.6. The van der Waals surface area contributed by atoms with Crippen molar-refractivity contribution in [2.75, 3.05) is 5.32 Å². The largest absolute Gasteiger partial charge is 0.310 e. The van der Waals surface area contributed by atoms with E-state index in [1.54, 1.807) is 4.68 Å². The van der Waals surface area contributed by atoms with Crippen molar-refractivity contribution in [3.05, 3.63) is 46.4 Å². The van der Waals surface area contributed by atoms with Gasteiger partial charge in [0.05, 0.1) is 11.4 Å². The number of carbonyl (C=O) groups excluding carboxylic acids is 1. The summed E-state index contributed by atoms with van der Waals surface area (Å²) in [5.41, 5.74) is 2.58. The second-order valence-electron chi connectivity index (χ2n) is 7.39. The van der Waals surface area contributed by atoms with E-state index < -0.39 is 0 Å². The molecule has 0 spiro atoms. The minimum absolute atomic E-state index is 0.0341. The zero-order valence-corrected chi connectivity index (χ0v) is 16.8. The average Bonchev–Trinajstić information content (AvgIpc) is 3.13. The molecule has 0 atom stereocenters. The van der Waals surface area contributed by atoms with Gasteiger partial charge in [-0.25, -0.2) is 4.98 Å². The number of thiazole rings is 1. The highest BCUT2D eigenvalue weighted by Gasteiger charge is 2.19. The Morgan fingerprint density at radius 1 is 1.27 bits per heavy atom. The standard InChI is InChI=1S/C19H21ClN4OS/c1-12-9-16(22-17(25)10-19(2,3)4)24(23-12)18-21-15(11-26-18)13-5-7-14(20)8-6-13/h5-9,11H,10H2,1-4H3,(H,22,25). The Morgan fingerprint density at radius 3 is 2.62 bits per heavy atom. The van der Waals surface area contributed by atoms with Gasteiger partial charge in [0.25, 0.3) is 0 Å². The molecule has 3 aromatic rings. The first-order valence-corrected chi connectivity index (χ1v) is 9.55. The molecular formula is C19H21ClN4OS. The van der Waals surface area contributed by atoms with Gasteiger partial charge in [0.15, 0.2) is 0 Å². The van der Waals surface area contributed by atoms with Gasteiger partial charge < -0.3 is 5.32 Å². The monoisotopic (exact) mass is 388 g/mol. The summed E-state index contributed by atoms with van der Waals surface area (Å²) in [4.78, 5) is 17.0. The molecule has 1 N–H and O–H groups in total. The fraction of sp³-hybridized carbons (Fsp3) is 0.316. The zero-order valence-electron chi connectivity index (χ0n) is 15.2. The Kier molecular flexibility index (Phi) is 5.16. The van der Waals surface area contributed by atoms with E-state index in [4.69, 9.17) is 11.6 Å². The number of hydrogen-bond acceptors (Lipinski definition) is 4. The summed E-state index contributed by atoms with van der Waals surface area (Å²) in [6, 6.07) is 9.39. The van der Waals surface area contributed by atoms with Crippen LogP contribution in [-0.4, -0.2) is 20.7 Å². The van der Waals surface area contributed by atoms with Gasteiger partial charge in [0.1, 0.15) is 5.82 Å². The summed E-state index contributed by atoms with van der Waals surface area (Å²) in [7, 11) is 0. The van der Waals surface area contributed by atoms with Crippen LogP contribution in [0.5, 0.6) is 0 Å². The summed E-state index contributed by atoms with van der Waals surface area (Å²) in [6.07, 6.45) is 0.436. The Bertz CT molecular complexity index is 922. The molecule has 2 aromatic heterocycles. The topological polar surface area (TPSA) is 59.8 Å². The fourth-order valence-electron chi connectivity index (χ4n) is 2.52. The van der Waals surface area contributed by atoms with Crippen LogP contribution in [0.15, 0.2) is 35.7 Å². The molecule has 0 aliphatic carbocycles. The smallest absolute Gasteiger partial charge is 0.226 e. The van der Waals surface area contributed by atoms with Gasteiger partial charge in [0, 0.05) is 28.5 Å². The molecule has 26 heavy (non-hydrogen) atoms. The highest BCUT2D eigenvalue weighted by atomic mass is 35.5. The maximum atomic E-state index is 12.3. The van der Waals surface area contributed by atoms with E-state index in [1.165, 1.54) is 11.3 Å². The van der Waals surface area contributed by atoms with E-state index in [0.29, 0.717) is 22.4 Å². The van der Waals surface area contributed by atoms with Gasteiger partial charge >= 0.3 is 0 Å². The van der Waals surface area contributed by atoms with E-state index in [9.17, 15) is 4.79 Å². The summed E-state index contributed by atoms with van der Waals surface area (Å²) in [6.45, 7) is 8.00. The van der Waals surface area contributed by atoms with E-state index in [-0.39, 0.29) is 11.3 Å². The number of carbonyl (C=O) groups is 1. The number of nitrogens with zero attached hydrogens (tertiary/aromatic N) is 3. The van der Waals surface area contributed by atoms with Crippen molar-refractivity contribution in [1.29, 1.82) is 0 Å². The third-order valence-electron chi connectivity index (χ3n) is 3.60. The highest BCUT2D eigenvalue weighted by molar-refractivity contribution is 7.12. The van der Waals surface area contributed by atoms with Crippen molar-refractivity contribution in [3.8, 4) is 16.4 Å². The lowest BCUT2D eigenvalue weighted by atomic mass is 9.92. The second kappa shape index (κ2) is 7.21. The minimum Gasteiger partial charge on any atom is -0.310 e. The zero-order chi connectivity index (χ0) is 18.9. The summed E-state index contributed by atoms with van der Waals surface area (Å²) >= 11 is 7.42. The van der Waals surface area contributed by atoms with Crippen molar-refractivity contribution in [2.24, 2.45) is 5.41 Å². The number of anilines is 1. The molecule has 1 aromatic carbocycles. The number of rotatable bonds is 4. The molecule has 0 saturated heterocycles. The number of hydrogen-bond donors (Lipinski definition) is 1. The Labute approximate surface area is 162 Å². The predicted molar refractivity (Wildman–Crippen MR) is 107 cm³/mol. The molecule has 0 radical (unpaired) electrons. The molecule has 0 aliphatic heterocycles. The quantitative estimate of drug-likeness (QED) is 0.656. The van der Waals surface area contributed by atoms with Crippen LogP contribution in [-0.2, 0) is 4.79 Å². The van der Waals surface area contributed by atoms with Crippen LogP contribution in [0.2, 0.25) is 5.02 Å². The van der Waals surface area contributed by atoms with Gasteiger partial charge in [-0.2, -0.15) is 9.78 Å². The molecule has 7 heteroatoms. The summed E-state index contributed by atoms with van der Waals surface area (Å²) in [5.74, 6) is 0.599. The number of halogens is 1. The molecular weight excluding hydrogens is 368 g/mol. The van der Waals surface area contributed by atoms with E-state index >= 15 is 0 Å². The lowest BCUT2D eigenvalue weighted by Gasteiger charge is -2.17. The molecule has 5 nitrogen and oxygen atoms in total. The Balaban J connectivity index is 1.86. The van der Waals surface area contributed by atoms with Crippen LogP contribution in [0.3, 0.4) is 0 Å². The average molecular weight is 389 g/mol. The third kappa shape index (κ3) is 4.51. The molecule has 0 bridgehead atoms. The van der Waals surface area contributed by atoms with Crippen molar-refractivity contribution in [3.63, 3.8) is 0 Å². The van der Waals surface area contributed by atoms with Gasteiger partial charge in [-0.15, -0.1) is 11.3 Å². The molecule has 0 unspecified atom stereocenters. The van der Waals surface area contributed by atoms with Crippen LogP contribution in [0.25, 0.3) is 16.4 Å². The first kappa shape index (κ1) is 18.6. The summed E-state index contributed by atoms with van der Waals surface area (Å²) in [5, 5.41) is 10.8. The molecule has 0 aliphatic rings. The number of aromatic nitrogens is 3. The van der Waals surface area contributed by atoms with Crippen molar-refractivity contribution in [2.45, 2.75) is 34.1 Å².